The summed E-state index contributed by atoms with van der Waals surface area (Å²) in [6, 6.07) is 1.54. The van der Waals surface area contributed by atoms with Crippen LogP contribution in [0.1, 0.15) is 11.9 Å². The second kappa shape index (κ2) is 3.06. The molecular formula is C8H7NO5. The van der Waals surface area contributed by atoms with Crippen molar-refractivity contribution in [2.75, 3.05) is 7.11 Å². The average Bonchev–Trinajstić information content (AvgIpc) is 2.71. The van der Waals surface area contributed by atoms with Crippen LogP contribution >= 0.6 is 0 Å². The van der Waals surface area contributed by atoms with E-state index in [9.17, 15) is 9.59 Å². The van der Waals surface area contributed by atoms with Crippen LogP contribution in [-0.2, 0) is 9.53 Å². The Kier molecular flexibility index (Phi) is 1.88. The lowest BCUT2D eigenvalue weighted by Crippen LogP contribution is -2.20. The number of hydrogen-bond donors (Lipinski definition) is 1. The molecule has 1 aliphatic heterocycles. The number of nitrogens with one attached hydrogen (secondary N) is 1. The molecule has 0 radical (unpaired) electrons. The third-order valence-corrected chi connectivity index (χ3v) is 1.80. The highest BCUT2D eigenvalue weighted by Gasteiger charge is 2.38. The van der Waals surface area contributed by atoms with Gasteiger partial charge in [-0.2, -0.15) is 0 Å². The predicted molar refractivity (Wildman–Crippen MR) is 42.6 cm³/mol. The second-order valence-electron chi connectivity index (χ2n) is 2.63. The zero-order valence-corrected chi connectivity index (χ0v) is 7.27. The molecule has 1 saturated heterocycles. The van der Waals surface area contributed by atoms with Crippen LogP contribution < -0.4 is 10.1 Å². The maximum absolute atomic E-state index is 11.2. The van der Waals surface area contributed by atoms with Crippen LogP contribution in [0.4, 0.5) is 4.79 Å². The van der Waals surface area contributed by atoms with Crippen LogP contribution in [0, 0.1) is 0 Å². The molecule has 1 atom stereocenters. The molecule has 14 heavy (non-hydrogen) atoms. The number of amides is 2. The molecule has 2 heterocycles. The summed E-state index contributed by atoms with van der Waals surface area (Å²) >= 11 is 0. The average molecular weight is 197 g/mol. The van der Waals surface area contributed by atoms with Crippen LogP contribution in [0.2, 0.25) is 0 Å². The summed E-state index contributed by atoms with van der Waals surface area (Å²) < 4.78 is 14.6. The fourth-order valence-corrected chi connectivity index (χ4v) is 1.20. The highest BCUT2D eigenvalue weighted by atomic mass is 16.6. The van der Waals surface area contributed by atoms with E-state index in [1.54, 1.807) is 0 Å². The quantitative estimate of drug-likeness (QED) is 0.750. The SMILES string of the molecule is COc1ccoc1C1OC(=O)NC1=O. The molecule has 0 aliphatic carbocycles. The summed E-state index contributed by atoms with van der Waals surface area (Å²) in [5.74, 6) is 0.0129. The van der Waals surface area contributed by atoms with E-state index in [1.807, 2.05) is 5.32 Å². The summed E-state index contributed by atoms with van der Waals surface area (Å²) in [7, 11) is 1.43. The lowest BCUT2D eigenvalue weighted by atomic mass is 10.2. The zero-order chi connectivity index (χ0) is 10.1. The Bertz CT molecular complexity index is 383. The summed E-state index contributed by atoms with van der Waals surface area (Å²) in [6.07, 6.45) is -0.473. The topological polar surface area (TPSA) is 77.8 Å². The Balaban J connectivity index is 2.31. The van der Waals surface area contributed by atoms with Gasteiger partial charge in [0.05, 0.1) is 13.4 Å². The first kappa shape index (κ1) is 8.61. The lowest BCUT2D eigenvalue weighted by molar-refractivity contribution is -0.124. The molecule has 0 aromatic carbocycles. The van der Waals surface area contributed by atoms with Crippen molar-refractivity contribution in [1.82, 2.24) is 5.32 Å². The maximum atomic E-state index is 11.2. The molecule has 1 fully saturated rings. The third kappa shape index (κ3) is 1.20. The molecule has 6 nitrogen and oxygen atoms in total. The van der Waals surface area contributed by atoms with Gasteiger partial charge >= 0.3 is 6.09 Å². The molecule has 0 saturated carbocycles. The Morgan fingerprint density at radius 2 is 2.29 bits per heavy atom. The minimum Gasteiger partial charge on any atom is -0.493 e. The molecule has 1 aliphatic rings. The van der Waals surface area contributed by atoms with E-state index in [2.05, 4.69) is 4.74 Å². The molecule has 2 amide bonds. The van der Waals surface area contributed by atoms with Crippen molar-refractivity contribution in [3.63, 3.8) is 0 Å². The third-order valence-electron chi connectivity index (χ3n) is 1.80. The summed E-state index contributed by atoms with van der Waals surface area (Å²) in [5.41, 5.74) is 0. The van der Waals surface area contributed by atoms with Gasteiger partial charge in [-0.25, -0.2) is 4.79 Å². The zero-order valence-electron chi connectivity index (χ0n) is 7.27. The maximum Gasteiger partial charge on any atom is 0.415 e. The molecule has 0 bridgehead atoms. The van der Waals surface area contributed by atoms with Crippen LogP contribution in [0.3, 0.4) is 0 Å². The number of rotatable bonds is 2. The van der Waals surface area contributed by atoms with Crippen molar-refractivity contribution in [3.8, 4) is 5.75 Å². The minimum atomic E-state index is -1.05. The summed E-state index contributed by atoms with van der Waals surface area (Å²) in [4.78, 5) is 21.9. The van der Waals surface area contributed by atoms with E-state index in [-0.39, 0.29) is 5.76 Å². The van der Waals surface area contributed by atoms with Crippen molar-refractivity contribution in [1.29, 1.82) is 0 Å². The van der Waals surface area contributed by atoms with Crippen LogP contribution in [-0.4, -0.2) is 19.1 Å². The second-order valence-corrected chi connectivity index (χ2v) is 2.63. The minimum absolute atomic E-state index is 0.191. The van der Waals surface area contributed by atoms with E-state index in [0.717, 1.165) is 0 Å². The molecule has 1 aromatic heterocycles. The van der Waals surface area contributed by atoms with Crippen molar-refractivity contribution in [2.24, 2.45) is 0 Å². The van der Waals surface area contributed by atoms with Gasteiger partial charge in [0.15, 0.2) is 11.5 Å². The van der Waals surface area contributed by atoms with Gasteiger partial charge in [-0.05, 0) is 0 Å². The first-order valence-corrected chi connectivity index (χ1v) is 3.85. The fourth-order valence-electron chi connectivity index (χ4n) is 1.20. The Morgan fingerprint density at radius 1 is 1.50 bits per heavy atom. The van der Waals surface area contributed by atoms with Gasteiger partial charge in [0.2, 0.25) is 6.10 Å². The monoisotopic (exact) mass is 197 g/mol. The van der Waals surface area contributed by atoms with Gasteiger partial charge in [0.25, 0.3) is 5.91 Å². The highest BCUT2D eigenvalue weighted by molar-refractivity contribution is 6.00. The lowest BCUT2D eigenvalue weighted by Gasteiger charge is -2.04. The smallest absolute Gasteiger partial charge is 0.415 e. The molecule has 0 spiro atoms. The molecule has 1 unspecified atom stereocenters. The number of carbonyl (C=O) groups is 2. The number of hydrogen-bond acceptors (Lipinski definition) is 5. The van der Waals surface area contributed by atoms with Crippen molar-refractivity contribution >= 4 is 12.0 Å². The van der Waals surface area contributed by atoms with Crippen molar-refractivity contribution < 1.29 is 23.5 Å². The Labute approximate surface area is 78.8 Å². The fraction of sp³-hybridized carbons (Fsp3) is 0.250. The molecule has 2 rings (SSSR count). The number of furan rings is 1. The Hall–Kier alpha value is -1.98. The number of alkyl carbamates (subject to hydrolysis) is 1. The van der Waals surface area contributed by atoms with Gasteiger partial charge < -0.3 is 13.9 Å². The van der Waals surface area contributed by atoms with Crippen molar-refractivity contribution in [2.45, 2.75) is 6.10 Å². The standard InChI is InChI=1S/C8H7NO5/c1-12-4-2-3-13-5(4)6-7(10)9-8(11)14-6/h2-3,6H,1H3,(H,9,10,11). The van der Waals surface area contributed by atoms with Gasteiger partial charge in [0.1, 0.15) is 0 Å². The van der Waals surface area contributed by atoms with Gasteiger partial charge in [0, 0.05) is 6.07 Å². The molecule has 74 valence electrons. The highest BCUT2D eigenvalue weighted by Crippen LogP contribution is 2.30. The first-order valence-electron chi connectivity index (χ1n) is 3.85. The van der Waals surface area contributed by atoms with Gasteiger partial charge in [-0.3, -0.25) is 10.1 Å². The van der Waals surface area contributed by atoms with E-state index in [0.29, 0.717) is 5.75 Å². The van der Waals surface area contributed by atoms with E-state index in [1.165, 1.54) is 19.4 Å². The molecular weight excluding hydrogens is 190 g/mol. The number of cyclic esters (lactones) is 1. The van der Waals surface area contributed by atoms with Gasteiger partial charge in [-0.1, -0.05) is 0 Å². The van der Waals surface area contributed by atoms with E-state index < -0.39 is 18.1 Å². The van der Waals surface area contributed by atoms with E-state index in [4.69, 9.17) is 9.15 Å². The molecule has 1 N–H and O–H groups in total. The van der Waals surface area contributed by atoms with Crippen LogP contribution in [0.15, 0.2) is 16.7 Å². The normalized spacial score (nSPS) is 20.5. The number of methoxy groups -OCH3 is 1. The number of imide groups is 1. The van der Waals surface area contributed by atoms with Crippen LogP contribution in [0.25, 0.3) is 0 Å². The predicted octanol–water partition coefficient (Wildman–Crippen LogP) is 0.596. The number of carbonyl (C=O) groups excluding carboxylic acids is 2. The van der Waals surface area contributed by atoms with Crippen LogP contribution in [0.5, 0.6) is 5.75 Å². The summed E-state index contributed by atoms with van der Waals surface area (Å²) in [5, 5.41) is 1.99. The number of ether oxygens (including phenoxy) is 2. The Morgan fingerprint density at radius 3 is 2.86 bits per heavy atom. The molecule has 1 aromatic rings. The largest absolute Gasteiger partial charge is 0.493 e. The van der Waals surface area contributed by atoms with Crippen molar-refractivity contribution in [3.05, 3.63) is 18.1 Å². The first-order chi connectivity index (χ1) is 6.72. The van der Waals surface area contributed by atoms with Gasteiger partial charge in [-0.15, -0.1) is 0 Å². The van der Waals surface area contributed by atoms with E-state index >= 15 is 0 Å². The molecule has 6 heteroatoms. The summed E-state index contributed by atoms with van der Waals surface area (Å²) in [6.45, 7) is 0.